The van der Waals surface area contributed by atoms with E-state index in [1.54, 1.807) is 36.4 Å². The molecule has 2 rings (SSSR count). The number of halogens is 2. The first-order valence-corrected chi connectivity index (χ1v) is 7.84. The van der Waals surface area contributed by atoms with E-state index in [2.05, 4.69) is 0 Å². The molecule has 0 saturated carbocycles. The third-order valence-electron chi connectivity index (χ3n) is 2.58. The maximum atomic E-state index is 10.9. The number of hydrogen-bond acceptors (Lipinski definition) is 3. The summed E-state index contributed by atoms with van der Waals surface area (Å²) in [5.74, 6) is 0.338. The van der Waals surface area contributed by atoms with E-state index in [1.165, 1.54) is 11.8 Å². The van der Waals surface area contributed by atoms with Gasteiger partial charge in [0.25, 0.3) is 0 Å². The van der Waals surface area contributed by atoms with Crippen molar-refractivity contribution in [2.75, 3.05) is 12.4 Å². The molecule has 0 aliphatic rings. The number of benzene rings is 2. The highest BCUT2D eigenvalue weighted by Crippen LogP contribution is 2.28. The molecule has 0 heterocycles. The lowest BCUT2D eigenvalue weighted by atomic mass is 10.2. The van der Waals surface area contributed by atoms with Gasteiger partial charge in [-0.05, 0) is 36.4 Å². The van der Waals surface area contributed by atoms with Crippen LogP contribution in [0.1, 0.15) is 10.4 Å². The summed E-state index contributed by atoms with van der Waals surface area (Å²) >= 11 is 13.3. The fourth-order valence-corrected chi connectivity index (χ4v) is 2.87. The largest absolute Gasteiger partial charge is 0.491 e. The average Bonchev–Trinajstić information content (AvgIpc) is 2.45. The van der Waals surface area contributed by atoms with Gasteiger partial charge in [-0.3, -0.25) is 0 Å². The molecule has 21 heavy (non-hydrogen) atoms. The van der Waals surface area contributed by atoms with E-state index in [0.29, 0.717) is 28.2 Å². The van der Waals surface area contributed by atoms with Gasteiger partial charge >= 0.3 is 5.97 Å². The first-order chi connectivity index (χ1) is 10.1. The van der Waals surface area contributed by atoms with Gasteiger partial charge in [-0.1, -0.05) is 29.3 Å². The van der Waals surface area contributed by atoms with Gasteiger partial charge in [0, 0.05) is 15.7 Å². The van der Waals surface area contributed by atoms with Crippen LogP contribution in [-0.4, -0.2) is 23.4 Å². The molecular formula is C15H12Cl2O3S. The summed E-state index contributed by atoms with van der Waals surface area (Å²) in [4.78, 5) is 11.8. The summed E-state index contributed by atoms with van der Waals surface area (Å²) in [5.41, 5.74) is 0.279. The SMILES string of the molecule is O=C(O)c1cccc(SCCOc2ccc(Cl)cc2Cl)c1. The molecule has 3 nitrogen and oxygen atoms in total. The van der Waals surface area contributed by atoms with Gasteiger partial charge in [0.1, 0.15) is 5.75 Å². The summed E-state index contributed by atoms with van der Waals surface area (Å²) < 4.78 is 5.56. The predicted molar refractivity (Wildman–Crippen MR) is 86.1 cm³/mol. The minimum absolute atomic E-state index is 0.279. The zero-order valence-electron chi connectivity index (χ0n) is 10.9. The molecule has 2 aromatic carbocycles. The number of carbonyl (C=O) groups is 1. The highest BCUT2D eigenvalue weighted by molar-refractivity contribution is 7.99. The number of thioether (sulfide) groups is 1. The lowest BCUT2D eigenvalue weighted by molar-refractivity contribution is 0.0696. The van der Waals surface area contributed by atoms with E-state index in [-0.39, 0.29) is 5.56 Å². The Morgan fingerprint density at radius 1 is 1.19 bits per heavy atom. The highest BCUT2D eigenvalue weighted by atomic mass is 35.5. The van der Waals surface area contributed by atoms with Crippen LogP contribution in [-0.2, 0) is 0 Å². The molecule has 0 aliphatic carbocycles. The molecule has 1 N–H and O–H groups in total. The van der Waals surface area contributed by atoms with E-state index in [1.807, 2.05) is 6.07 Å². The predicted octanol–water partition coefficient (Wildman–Crippen LogP) is 4.86. The van der Waals surface area contributed by atoms with Crippen molar-refractivity contribution in [3.05, 3.63) is 58.1 Å². The maximum absolute atomic E-state index is 10.9. The molecular weight excluding hydrogens is 331 g/mol. The quantitative estimate of drug-likeness (QED) is 0.601. The second-order valence-electron chi connectivity index (χ2n) is 4.10. The summed E-state index contributed by atoms with van der Waals surface area (Å²) in [5, 5.41) is 9.96. The Kier molecular flexibility index (Phi) is 5.79. The molecule has 0 saturated heterocycles. The van der Waals surface area contributed by atoms with Crippen LogP contribution < -0.4 is 4.74 Å². The van der Waals surface area contributed by atoms with Gasteiger partial charge in [0.05, 0.1) is 17.2 Å². The first kappa shape index (κ1) is 16.0. The van der Waals surface area contributed by atoms with E-state index in [4.69, 9.17) is 33.0 Å². The number of ether oxygens (including phenoxy) is 1. The van der Waals surface area contributed by atoms with Crippen molar-refractivity contribution in [2.24, 2.45) is 0 Å². The summed E-state index contributed by atoms with van der Waals surface area (Å²) in [6.07, 6.45) is 0. The molecule has 0 amide bonds. The van der Waals surface area contributed by atoms with E-state index in [9.17, 15) is 4.79 Å². The van der Waals surface area contributed by atoms with Crippen LogP contribution in [0.3, 0.4) is 0 Å². The molecule has 0 unspecified atom stereocenters. The van der Waals surface area contributed by atoms with E-state index < -0.39 is 5.97 Å². The zero-order valence-corrected chi connectivity index (χ0v) is 13.2. The summed E-state index contributed by atoms with van der Waals surface area (Å²) in [6.45, 7) is 0.462. The Bertz CT molecular complexity index is 647. The topological polar surface area (TPSA) is 46.5 Å². The number of hydrogen-bond donors (Lipinski definition) is 1. The van der Waals surface area contributed by atoms with Crippen LogP contribution in [0, 0.1) is 0 Å². The Morgan fingerprint density at radius 2 is 2.00 bits per heavy atom. The molecule has 0 atom stereocenters. The molecule has 2 aromatic rings. The Morgan fingerprint density at radius 3 is 2.71 bits per heavy atom. The van der Waals surface area contributed by atoms with Crippen molar-refractivity contribution in [3.63, 3.8) is 0 Å². The van der Waals surface area contributed by atoms with Crippen LogP contribution in [0.2, 0.25) is 10.0 Å². The number of aromatic carboxylic acids is 1. The second-order valence-corrected chi connectivity index (χ2v) is 6.12. The first-order valence-electron chi connectivity index (χ1n) is 6.10. The smallest absolute Gasteiger partial charge is 0.335 e. The number of carboxylic acid groups (broad SMARTS) is 1. The number of carboxylic acids is 1. The van der Waals surface area contributed by atoms with Gasteiger partial charge in [0.2, 0.25) is 0 Å². The minimum atomic E-state index is -0.929. The van der Waals surface area contributed by atoms with Crippen molar-refractivity contribution >= 4 is 40.9 Å². The van der Waals surface area contributed by atoms with Gasteiger partial charge < -0.3 is 9.84 Å². The summed E-state index contributed by atoms with van der Waals surface area (Å²) in [6, 6.07) is 11.9. The van der Waals surface area contributed by atoms with Gasteiger partial charge in [0.15, 0.2) is 0 Å². The van der Waals surface area contributed by atoms with Crippen molar-refractivity contribution in [1.82, 2.24) is 0 Å². The maximum Gasteiger partial charge on any atom is 0.335 e. The van der Waals surface area contributed by atoms with Crippen LogP contribution in [0.15, 0.2) is 47.4 Å². The molecule has 0 fully saturated rings. The van der Waals surface area contributed by atoms with Crippen molar-refractivity contribution in [1.29, 1.82) is 0 Å². The van der Waals surface area contributed by atoms with Crippen LogP contribution >= 0.6 is 35.0 Å². The monoisotopic (exact) mass is 342 g/mol. The molecule has 0 bridgehead atoms. The minimum Gasteiger partial charge on any atom is -0.491 e. The molecule has 0 aromatic heterocycles. The fourth-order valence-electron chi connectivity index (χ4n) is 1.62. The molecule has 0 radical (unpaired) electrons. The molecule has 0 spiro atoms. The van der Waals surface area contributed by atoms with Gasteiger partial charge in [-0.25, -0.2) is 4.79 Å². The Balaban J connectivity index is 1.84. The average molecular weight is 343 g/mol. The standard InChI is InChI=1S/C15H12Cl2O3S/c16-11-4-5-14(13(17)9-11)20-6-7-21-12-3-1-2-10(8-12)15(18)19/h1-5,8-9H,6-7H2,(H,18,19). The normalized spacial score (nSPS) is 10.4. The van der Waals surface area contributed by atoms with E-state index >= 15 is 0 Å². The lowest BCUT2D eigenvalue weighted by Gasteiger charge is -2.08. The molecule has 6 heteroatoms. The fraction of sp³-hybridized carbons (Fsp3) is 0.133. The zero-order chi connectivity index (χ0) is 15.2. The summed E-state index contributed by atoms with van der Waals surface area (Å²) in [7, 11) is 0. The van der Waals surface area contributed by atoms with Crippen molar-refractivity contribution < 1.29 is 14.6 Å². The van der Waals surface area contributed by atoms with Crippen molar-refractivity contribution in [3.8, 4) is 5.75 Å². The van der Waals surface area contributed by atoms with Crippen molar-refractivity contribution in [2.45, 2.75) is 4.90 Å². The molecule has 110 valence electrons. The number of rotatable bonds is 6. The van der Waals surface area contributed by atoms with Crippen LogP contribution in [0.5, 0.6) is 5.75 Å². The van der Waals surface area contributed by atoms with Crippen LogP contribution in [0.4, 0.5) is 0 Å². The van der Waals surface area contributed by atoms with Gasteiger partial charge in [-0.2, -0.15) is 0 Å². The highest BCUT2D eigenvalue weighted by Gasteiger charge is 2.05. The second kappa shape index (κ2) is 7.59. The lowest BCUT2D eigenvalue weighted by Crippen LogP contribution is -2.01. The third kappa shape index (κ3) is 4.84. The van der Waals surface area contributed by atoms with Crippen LogP contribution in [0.25, 0.3) is 0 Å². The Hall–Kier alpha value is -1.36. The Labute approximate surface area is 136 Å². The third-order valence-corrected chi connectivity index (χ3v) is 4.07. The van der Waals surface area contributed by atoms with Gasteiger partial charge in [-0.15, -0.1) is 11.8 Å². The van der Waals surface area contributed by atoms with E-state index in [0.717, 1.165) is 4.90 Å². The molecule has 0 aliphatic heterocycles.